The predicted molar refractivity (Wildman–Crippen MR) is 157 cm³/mol. The van der Waals surface area contributed by atoms with E-state index in [2.05, 4.69) is 36.4 Å². The summed E-state index contributed by atoms with van der Waals surface area (Å²) in [5, 5.41) is 0. The molecule has 2 heterocycles. The Bertz CT molecular complexity index is 1290. The Balaban J connectivity index is 1.28. The third kappa shape index (κ3) is 5.72. The van der Waals surface area contributed by atoms with Gasteiger partial charge in [-0.25, -0.2) is 0 Å². The molecule has 4 aromatic rings. The van der Waals surface area contributed by atoms with E-state index in [4.69, 9.17) is 29.4 Å². The van der Waals surface area contributed by atoms with Crippen LogP contribution in [-0.4, -0.2) is 43.0 Å². The number of benzene rings is 4. The highest BCUT2D eigenvalue weighted by molar-refractivity contribution is 5.47. The number of hydrogen-bond acceptors (Lipinski definition) is 6. The zero-order valence-corrected chi connectivity index (χ0v) is 23.5. The highest BCUT2D eigenvalue weighted by atomic mass is 16.8. The zero-order chi connectivity index (χ0) is 28.3. The van der Waals surface area contributed by atoms with Crippen LogP contribution >= 0.6 is 0 Å². The summed E-state index contributed by atoms with van der Waals surface area (Å²) in [7, 11) is 0. The van der Waals surface area contributed by atoms with Crippen molar-refractivity contribution in [3.8, 4) is 0 Å². The standard InChI is InChI=1S/C35H37NO5/c1-34(2)40-31-30(39-33(32(31)41-34)37-23-25-15-7-3-8-16-25)29(36)24-38-35(26-17-9-4-10-18-26,27-19-11-5-12-20-27)28-21-13-6-14-22-28/h3-22,29-33H,23-24,36H2,1-2H3/t29-,30-,31+,32+,33+/m1/s1. The topological polar surface area (TPSA) is 72.2 Å². The fraction of sp³-hybridized carbons (Fsp3) is 0.314. The van der Waals surface area contributed by atoms with Gasteiger partial charge in [-0.2, -0.15) is 0 Å². The summed E-state index contributed by atoms with van der Waals surface area (Å²) in [6, 6.07) is 40.3. The Morgan fingerprint density at radius 3 is 1.68 bits per heavy atom. The van der Waals surface area contributed by atoms with Crippen molar-refractivity contribution in [3.05, 3.63) is 144 Å². The molecule has 0 aliphatic carbocycles. The van der Waals surface area contributed by atoms with Gasteiger partial charge >= 0.3 is 0 Å². The van der Waals surface area contributed by atoms with Gasteiger partial charge in [0.1, 0.15) is 23.9 Å². The third-order valence-corrected chi connectivity index (χ3v) is 7.76. The summed E-state index contributed by atoms with van der Waals surface area (Å²) in [4.78, 5) is 0. The SMILES string of the molecule is CC1(C)O[C@@H]2[C@H](O1)[C@@H](OCc1ccccc1)O[C@@H]2[C@H](N)COC(c1ccccc1)(c1ccccc1)c1ccccc1. The first-order valence-corrected chi connectivity index (χ1v) is 14.2. The van der Waals surface area contributed by atoms with Crippen molar-refractivity contribution >= 4 is 0 Å². The minimum Gasteiger partial charge on any atom is -0.359 e. The highest BCUT2D eigenvalue weighted by Gasteiger charge is 2.57. The van der Waals surface area contributed by atoms with Crippen molar-refractivity contribution in [2.75, 3.05) is 6.61 Å². The van der Waals surface area contributed by atoms with E-state index in [9.17, 15) is 0 Å². The molecule has 0 spiro atoms. The van der Waals surface area contributed by atoms with Gasteiger partial charge in [-0.1, -0.05) is 121 Å². The number of hydrogen-bond donors (Lipinski definition) is 1. The molecule has 2 aliphatic heterocycles. The molecule has 0 unspecified atom stereocenters. The van der Waals surface area contributed by atoms with Crippen molar-refractivity contribution in [3.63, 3.8) is 0 Å². The van der Waals surface area contributed by atoms with Crippen molar-refractivity contribution in [1.82, 2.24) is 0 Å². The normalized spacial score (nSPS) is 24.2. The molecule has 0 amide bonds. The van der Waals surface area contributed by atoms with Crippen LogP contribution in [0.3, 0.4) is 0 Å². The van der Waals surface area contributed by atoms with Crippen molar-refractivity contribution in [2.24, 2.45) is 5.73 Å². The Labute approximate surface area is 242 Å². The molecule has 6 rings (SSSR count). The van der Waals surface area contributed by atoms with Crippen LogP contribution in [0.15, 0.2) is 121 Å². The molecule has 2 saturated heterocycles. The first-order valence-electron chi connectivity index (χ1n) is 14.2. The van der Waals surface area contributed by atoms with Gasteiger partial charge in [0.05, 0.1) is 19.3 Å². The monoisotopic (exact) mass is 551 g/mol. The summed E-state index contributed by atoms with van der Waals surface area (Å²) in [6.45, 7) is 4.42. The summed E-state index contributed by atoms with van der Waals surface area (Å²) >= 11 is 0. The Kier molecular flexibility index (Phi) is 8.04. The Morgan fingerprint density at radius 1 is 0.707 bits per heavy atom. The molecule has 0 radical (unpaired) electrons. The number of nitrogens with two attached hydrogens (primary N) is 1. The van der Waals surface area contributed by atoms with Gasteiger partial charge in [-0.15, -0.1) is 0 Å². The van der Waals surface area contributed by atoms with Crippen LogP contribution in [0.2, 0.25) is 0 Å². The first-order chi connectivity index (χ1) is 20.0. The molecule has 2 N–H and O–H groups in total. The Hall–Kier alpha value is -3.36. The maximum Gasteiger partial charge on any atom is 0.187 e. The van der Waals surface area contributed by atoms with Crippen LogP contribution < -0.4 is 5.73 Å². The van der Waals surface area contributed by atoms with E-state index in [1.807, 2.05) is 98.8 Å². The van der Waals surface area contributed by atoms with E-state index in [0.717, 1.165) is 22.3 Å². The summed E-state index contributed by atoms with van der Waals surface area (Å²) in [6.07, 6.45) is -1.88. The van der Waals surface area contributed by atoms with E-state index < -0.39 is 35.9 Å². The largest absolute Gasteiger partial charge is 0.359 e. The van der Waals surface area contributed by atoms with Gasteiger partial charge in [0.15, 0.2) is 12.1 Å². The minimum absolute atomic E-state index is 0.210. The molecule has 5 atom stereocenters. The molecular formula is C35H37NO5. The second kappa shape index (κ2) is 11.9. The van der Waals surface area contributed by atoms with Crippen molar-refractivity contribution < 1.29 is 23.7 Å². The lowest BCUT2D eigenvalue weighted by Gasteiger charge is -2.37. The first kappa shape index (κ1) is 27.8. The molecule has 0 saturated carbocycles. The summed E-state index contributed by atoms with van der Waals surface area (Å²) in [5.41, 5.74) is 10.1. The van der Waals surface area contributed by atoms with E-state index in [1.165, 1.54) is 0 Å². The highest BCUT2D eigenvalue weighted by Crippen LogP contribution is 2.43. The molecule has 0 bridgehead atoms. The second-order valence-electron chi connectivity index (χ2n) is 11.1. The van der Waals surface area contributed by atoms with Gasteiger partial charge in [0.2, 0.25) is 0 Å². The van der Waals surface area contributed by atoms with Gasteiger partial charge < -0.3 is 29.4 Å². The van der Waals surface area contributed by atoms with Gasteiger partial charge in [-0.05, 0) is 36.1 Å². The molecular weight excluding hydrogens is 514 g/mol. The second-order valence-corrected chi connectivity index (χ2v) is 11.1. The maximum absolute atomic E-state index is 6.98. The van der Waals surface area contributed by atoms with Crippen LogP contribution in [0.25, 0.3) is 0 Å². The maximum atomic E-state index is 6.98. The van der Waals surface area contributed by atoms with Crippen LogP contribution in [-0.2, 0) is 35.9 Å². The lowest BCUT2D eigenvalue weighted by molar-refractivity contribution is -0.239. The molecule has 6 heteroatoms. The van der Waals surface area contributed by atoms with Crippen LogP contribution in [0.5, 0.6) is 0 Å². The summed E-state index contributed by atoms with van der Waals surface area (Å²) < 4.78 is 32.2. The lowest BCUT2D eigenvalue weighted by Crippen LogP contribution is -2.48. The molecule has 41 heavy (non-hydrogen) atoms. The van der Waals surface area contributed by atoms with E-state index in [-0.39, 0.29) is 12.7 Å². The molecule has 0 aromatic heterocycles. The van der Waals surface area contributed by atoms with E-state index in [0.29, 0.717) is 6.61 Å². The summed E-state index contributed by atoms with van der Waals surface area (Å²) in [5.74, 6) is -0.770. The van der Waals surface area contributed by atoms with E-state index >= 15 is 0 Å². The number of fused-ring (bicyclic) bond motifs is 1. The quantitative estimate of drug-likeness (QED) is 0.252. The average molecular weight is 552 g/mol. The molecule has 2 aliphatic rings. The zero-order valence-electron chi connectivity index (χ0n) is 23.5. The molecule has 212 valence electrons. The third-order valence-electron chi connectivity index (χ3n) is 7.76. The molecule has 4 aromatic carbocycles. The minimum atomic E-state index is -0.880. The fourth-order valence-electron chi connectivity index (χ4n) is 5.91. The van der Waals surface area contributed by atoms with Crippen molar-refractivity contribution in [2.45, 2.75) is 62.5 Å². The smallest absolute Gasteiger partial charge is 0.187 e. The Morgan fingerprint density at radius 2 is 1.17 bits per heavy atom. The molecule has 2 fully saturated rings. The van der Waals surface area contributed by atoms with Crippen molar-refractivity contribution in [1.29, 1.82) is 0 Å². The van der Waals surface area contributed by atoms with Crippen LogP contribution in [0.1, 0.15) is 36.1 Å². The van der Waals surface area contributed by atoms with Gasteiger partial charge in [0, 0.05) is 0 Å². The predicted octanol–water partition coefficient (Wildman–Crippen LogP) is 5.78. The molecule has 6 nitrogen and oxygen atoms in total. The lowest BCUT2D eigenvalue weighted by atomic mass is 9.80. The number of ether oxygens (including phenoxy) is 5. The van der Waals surface area contributed by atoms with Crippen LogP contribution in [0.4, 0.5) is 0 Å². The average Bonchev–Trinajstić information content (AvgIpc) is 3.51. The van der Waals surface area contributed by atoms with Crippen LogP contribution in [0, 0.1) is 0 Å². The van der Waals surface area contributed by atoms with E-state index in [1.54, 1.807) is 0 Å². The van der Waals surface area contributed by atoms with Gasteiger partial charge in [-0.3, -0.25) is 0 Å². The van der Waals surface area contributed by atoms with Gasteiger partial charge in [0.25, 0.3) is 0 Å². The number of rotatable bonds is 10. The fourth-order valence-corrected chi connectivity index (χ4v) is 5.91.